The number of aromatic nitrogens is 1. The third-order valence-electron chi connectivity index (χ3n) is 14.4. The lowest BCUT2D eigenvalue weighted by atomic mass is 9.56. The van der Waals surface area contributed by atoms with Crippen molar-refractivity contribution in [1.82, 2.24) is 4.98 Å². The van der Waals surface area contributed by atoms with Gasteiger partial charge in [0.1, 0.15) is 5.78 Å². The molecule has 10 heteroatoms. The molecule has 6 nitrogen and oxygen atoms in total. The predicted molar refractivity (Wildman–Crippen MR) is 250 cm³/mol. The highest BCUT2D eigenvalue weighted by Crippen LogP contribution is 2.54. The first kappa shape index (κ1) is 51.4. The summed E-state index contributed by atoms with van der Waals surface area (Å²) in [4.78, 5) is 19.5. The van der Waals surface area contributed by atoms with Crippen molar-refractivity contribution in [3.05, 3.63) is 33.3 Å². The number of carbonyl (C=O) groups is 1. The molecule has 3 unspecified atom stereocenters. The molecule has 1 heterocycles. The van der Waals surface area contributed by atoms with Crippen molar-refractivity contribution in [2.75, 3.05) is 6.61 Å². The van der Waals surface area contributed by atoms with Crippen LogP contribution in [0.4, 0.5) is 0 Å². The quantitative estimate of drug-likeness (QED) is 0.0754. The Bertz CT molecular complexity index is 1480. The Labute approximate surface area is 352 Å². The topological polar surface area (TPSA) is 77.9 Å². The van der Waals surface area contributed by atoms with Crippen LogP contribution in [0.1, 0.15) is 158 Å². The van der Waals surface area contributed by atoms with Crippen LogP contribution >= 0.6 is 11.3 Å². The number of Topliss-reactive ketones (excluding diaryl/α,β-unsaturated/α-hetero) is 1. The molecule has 0 saturated heterocycles. The van der Waals surface area contributed by atoms with Gasteiger partial charge in [-0.25, -0.2) is 4.98 Å². The monoisotopic (exact) mass is 850 g/mol. The minimum Gasteiger partial charge on any atom is -0.417 e. The summed E-state index contributed by atoms with van der Waals surface area (Å²) in [5.41, 5.74) is 2.11. The number of rotatable bonds is 21. The van der Waals surface area contributed by atoms with Crippen LogP contribution in [0.25, 0.3) is 6.08 Å². The zero-order valence-corrected chi connectivity index (χ0v) is 43.8. The average molecular weight is 851 g/mol. The summed E-state index contributed by atoms with van der Waals surface area (Å²) < 4.78 is 20.9. The summed E-state index contributed by atoms with van der Waals surface area (Å²) >= 11 is 1.68. The van der Waals surface area contributed by atoms with Gasteiger partial charge < -0.3 is 18.4 Å². The third kappa shape index (κ3) is 13.4. The van der Waals surface area contributed by atoms with Gasteiger partial charge in [0.25, 0.3) is 0 Å². The molecule has 2 rings (SSSR count). The third-order valence-corrected chi connectivity index (χ3v) is 28.7. The largest absolute Gasteiger partial charge is 0.417 e. The van der Waals surface area contributed by atoms with Crippen LogP contribution in [0.15, 0.2) is 22.6 Å². The highest BCUT2D eigenvalue weighted by atomic mass is 32.1. The molecule has 0 amide bonds. The van der Waals surface area contributed by atoms with Gasteiger partial charge in [-0.15, -0.1) is 11.3 Å². The van der Waals surface area contributed by atoms with Crippen molar-refractivity contribution in [3.63, 3.8) is 0 Å². The number of aliphatic hydroxyl groups is 1. The predicted octanol–water partition coefficient (Wildman–Crippen LogP) is 14.1. The number of aryl methyl sites for hydroxylation is 1. The van der Waals surface area contributed by atoms with Gasteiger partial charge in [-0.05, 0) is 132 Å². The van der Waals surface area contributed by atoms with Crippen LogP contribution < -0.4 is 0 Å². The normalized spacial score (nSPS) is 18.4. The summed E-state index contributed by atoms with van der Waals surface area (Å²) in [5, 5.41) is 15.2. The second-order valence-corrected chi connectivity index (χ2v) is 37.8. The van der Waals surface area contributed by atoms with Crippen molar-refractivity contribution in [2.24, 2.45) is 10.8 Å². The van der Waals surface area contributed by atoms with E-state index < -0.39 is 41.9 Å². The standard InChI is InChI=1S/C46H87NO5SSi3/c1-34(26-27-38(51-55(17,18)43(7,8)9)35(2)32-37-33-53-36(3)47-37)24-21-22-25-39(48)45(13,14)41(49)46(29-23-30-46)40(52-56(19,20)44(10,11)12)28-31-50-54(15,16)42(4,5)6/h26,32-33,38-40,48H,21-25,27-31H2,1-20H3/b34-26+,35-32+. The maximum atomic E-state index is 14.8. The molecule has 1 aliphatic rings. The van der Waals surface area contributed by atoms with Crippen LogP contribution in [0.5, 0.6) is 0 Å². The molecule has 0 radical (unpaired) electrons. The highest BCUT2D eigenvalue weighted by Gasteiger charge is 2.58. The SMILES string of the molecule is C/C(=C\CC(O[Si](C)(C)C(C)(C)C)/C(C)=C/c1csc(C)n1)CCCCC(O)C(C)(C)C(=O)C1(C(CCO[Si](C)(C)C(C)(C)C)O[Si](C)(C)C(C)(C)C)CCC1. The van der Waals surface area contributed by atoms with Crippen LogP contribution in [-0.4, -0.2) is 65.7 Å². The van der Waals surface area contributed by atoms with E-state index in [4.69, 9.17) is 13.3 Å². The van der Waals surface area contributed by atoms with E-state index in [2.05, 4.69) is 138 Å². The van der Waals surface area contributed by atoms with E-state index in [-0.39, 0.29) is 33.1 Å². The molecule has 0 spiro atoms. The number of aliphatic hydroxyl groups excluding tert-OH is 1. The van der Waals surface area contributed by atoms with E-state index in [9.17, 15) is 9.90 Å². The minimum atomic E-state index is -2.20. The number of hydrogen-bond donors (Lipinski definition) is 1. The zero-order chi connectivity index (χ0) is 43.3. The molecule has 0 aliphatic heterocycles. The van der Waals surface area contributed by atoms with E-state index in [0.717, 1.165) is 55.6 Å². The molecule has 1 aromatic rings. The second kappa shape index (κ2) is 19.3. The number of ketones is 1. The fourth-order valence-corrected chi connectivity index (χ4v) is 11.2. The molecular formula is C46H87NO5SSi3. The number of carbonyl (C=O) groups excluding carboxylic acids is 1. The lowest BCUT2D eigenvalue weighted by Crippen LogP contribution is -2.59. The van der Waals surface area contributed by atoms with Crippen LogP contribution in [0.3, 0.4) is 0 Å². The van der Waals surface area contributed by atoms with Crippen LogP contribution in [0.2, 0.25) is 54.4 Å². The number of nitrogens with zero attached hydrogens (tertiary/aromatic N) is 1. The first-order valence-corrected chi connectivity index (χ1v) is 31.3. The lowest BCUT2D eigenvalue weighted by Gasteiger charge is -2.53. The fourth-order valence-electron chi connectivity index (χ4n) is 6.81. The molecule has 1 saturated carbocycles. The van der Waals surface area contributed by atoms with E-state index in [0.29, 0.717) is 19.4 Å². The molecule has 0 aromatic carbocycles. The van der Waals surface area contributed by atoms with E-state index in [1.54, 1.807) is 11.3 Å². The smallest absolute Gasteiger partial charge is 0.192 e. The van der Waals surface area contributed by atoms with Crippen molar-refractivity contribution < 1.29 is 23.2 Å². The number of unbranched alkanes of at least 4 members (excludes halogenated alkanes) is 1. The van der Waals surface area contributed by atoms with Gasteiger partial charge in [-0.2, -0.15) is 0 Å². The summed E-state index contributed by atoms with van der Waals surface area (Å²) in [6.07, 6.45) is 11.2. The van der Waals surface area contributed by atoms with Gasteiger partial charge >= 0.3 is 0 Å². The molecule has 1 aliphatic carbocycles. The molecule has 3 atom stereocenters. The van der Waals surface area contributed by atoms with Gasteiger partial charge in [-0.1, -0.05) is 101 Å². The Kier molecular flexibility index (Phi) is 17.7. The average Bonchev–Trinajstić information content (AvgIpc) is 3.42. The Morgan fingerprint density at radius 2 is 1.39 bits per heavy atom. The first-order valence-electron chi connectivity index (χ1n) is 21.7. The molecule has 1 N–H and O–H groups in total. The number of hydrogen-bond acceptors (Lipinski definition) is 7. The summed E-state index contributed by atoms with van der Waals surface area (Å²) in [6.45, 7) is 45.3. The van der Waals surface area contributed by atoms with Crippen LogP contribution in [-0.2, 0) is 18.1 Å². The van der Waals surface area contributed by atoms with E-state index in [1.807, 2.05) is 20.8 Å². The van der Waals surface area contributed by atoms with Crippen molar-refractivity contribution in [3.8, 4) is 0 Å². The molecule has 1 fully saturated rings. The minimum absolute atomic E-state index is 0.00312. The maximum Gasteiger partial charge on any atom is 0.192 e. The van der Waals surface area contributed by atoms with Gasteiger partial charge in [0.2, 0.25) is 0 Å². The Hall–Kier alpha value is -0.729. The number of allylic oxidation sites excluding steroid dienone is 1. The van der Waals surface area contributed by atoms with Gasteiger partial charge in [0.05, 0.1) is 34.4 Å². The van der Waals surface area contributed by atoms with E-state index in [1.165, 1.54) is 11.1 Å². The maximum absolute atomic E-state index is 14.8. The summed E-state index contributed by atoms with van der Waals surface area (Å²) in [6, 6.07) is 0. The molecule has 56 heavy (non-hydrogen) atoms. The summed E-state index contributed by atoms with van der Waals surface area (Å²) in [5.74, 6) is 0.180. The molecular weight excluding hydrogens is 763 g/mol. The Balaban J connectivity index is 2.17. The zero-order valence-electron chi connectivity index (χ0n) is 40.0. The Morgan fingerprint density at radius 3 is 1.86 bits per heavy atom. The fraction of sp³-hybridized carbons (Fsp3) is 0.826. The van der Waals surface area contributed by atoms with Gasteiger partial charge in [-0.3, -0.25) is 4.79 Å². The molecule has 0 bridgehead atoms. The second-order valence-electron chi connectivity index (χ2n) is 22.4. The van der Waals surface area contributed by atoms with E-state index >= 15 is 0 Å². The lowest BCUT2D eigenvalue weighted by molar-refractivity contribution is -0.159. The highest BCUT2D eigenvalue weighted by molar-refractivity contribution is 7.09. The van der Waals surface area contributed by atoms with Crippen molar-refractivity contribution in [2.45, 2.75) is 227 Å². The van der Waals surface area contributed by atoms with Crippen LogP contribution in [0, 0.1) is 17.8 Å². The van der Waals surface area contributed by atoms with Gasteiger partial charge in [0.15, 0.2) is 25.0 Å². The Morgan fingerprint density at radius 1 is 0.857 bits per heavy atom. The van der Waals surface area contributed by atoms with Crippen molar-refractivity contribution >= 4 is 48.1 Å². The summed E-state index contributed by atoms with van der Waals surface area (Å²) in [7, 11) is -6.15. The molecule has 1 aromatic heterocycles. The molecule has 324 valence electrons. The first-order chi connectivity index (χ1) is 25.2. The van der Waals surface area contributed by atoms with Gasteiger partial charge in [0, 0.05) is 17.4 Å². The van der Waals surface area contributed by atoms with Crippen molar-refractivity contribution in [1.29, 1.82) is 0 Å². The number of thiazole rings is 1.